The van der Waals surface area contributed by atoms with Gasteiger partial charge in [0.2, 0.25) is 0 Å². The molecule has 0 aliphatic heterocycles. The van der Waals surface area contributed by atoms with Crippen molar-refractivity contribution in [2.75, 3.05) is 10.6 Å². The fraction of sp³-hybridized carbons (Fsp3) is 0.158. The van der Waals surface area contributed by atoms with Crippen LogP contribution in [0.5, 0.6) is 0 Å². The van der Waals surface area contributed by atoms with Crippen molar-refractivity contribution in [3.8, 4) is 0 Å². The van der Waals surface area contributed by atoms with Crippen LogP contribution in [-0.4, -0.2) is 14.9 Å². The van der Waals surface area contributed by atoms with Gasteiger partial charge in [-0.15, -0.1) is 0 Å². The smallest absolute Gasteiger partial charge is 0.176 e. The Morgan fingerprint density at radius 1 is 0.963 bits per heavy atom. The Bertz CT molecular complexity index is 954. The van der Waals surface area contributed by atoms with Gasteiger partial charge >= 0.3 is 0 Å². The van der Waals surface area contributed by atoms with E-state index in [9.17, 15) is 0 Å². The van der Waals surface area contributed by atoms with Gasteiger partial charge in [0.15, 0.2) is 10.9 Å². The van der Waals surface area contributed by atoms with Gasteiger partial charge in [-0.05, 0) is 54.0 Å². The maximum Gasteiger partial charge on any atom is 0.176 e. The predicted octanol–water partition coefficient (Wildman–Crippen LogP) is 6.26. The Morgan fingerprint density at radius 2 is 1.67 bits per heavy atom. The lowest BCUT2D eigenvalue weighted by molar-refractivity contribution is 0.690. The van der Waals surface area contributed by atoms with Crippen LogP contribution in [-0.2, 0) is 13.0 Å². The number of halogens is 3. The molecular formula is C19H17Cl3N4S. The number of thiocarbonyl (C=S) groups is 1. The average Bonchev–Trinajstić information content (AvgIpc) is 2.97. The van der Waals surface area contributed by atoms with Crippen LogP contribution in [0.3, 0.4) is 0 Å². The quantitative estimate of drug-likeness (QED) is 0.460. The SMILES string of the molecule is CCc1ccc(NC(=S)Nc2nn(Cc3ccc(Cl)c(Cl)c3)cc2Cl)cc1. The molecule has 1 heterocycles. The number of nitrogens with one attached hydrogen (secondary N) is 2. The highest BCUT2D eigenvalue weighted by Crippen LogP contribution is 2.24. The first-order chi connectivity index (χ1) is 12.9. The van der Waals surface area contributed by atoms with Crippen molar-refractivity contribution in [2.24, 2.45) is 0 Å². The Kier molecular flexibility index (Phi) is 6.60. The maximum absolute atomic E-state index is 6.27. The molecule has 3 rings (SSSR count). The van der Waals surface area contributed by atoms with Crippen LogP contribution in [0.15, 0.2) is 48.7 Å². The van der Waals surface area contributed by atoms with E-state index in [1.165, 1.54) is 5.56 Å². The first-order valence-corrected chi connectivity index (χ1v) is 9.82. The molecule has 0 aliphatic rings. The van der Waals surface area contributed by atoms with Crippen LogP contribution >= 0.6 is 47.0 Å². The minimum Gasteiger partial charge on any atom is -0.332 e. The molecule has 0 aliphatic carbocycles. The molecule has 0 fully saturated rings. The lowest BCUT2D eigenvalue weighted by Crippen LogP contribution is -2.19. The summed E-state index contributed by atoms with van der Waals surface area (Å²) in [4.78, 5) is 0. The molecule has 0 unspecified atom stereocenters. The summed E-state index contributed by atoms with van der Waals surface area (Å²) >= 11 is 23.6. The Hall–Kier alpha value is -1.79. The Morgan fingerprint density at radius 3 is 2.33 bits per heavy atom. The summed E-state index contributed by atoms with van der Waals surface area (Å²) in [6.45, 7) is 2.63. The van der Waals surface area contributed by atoms with E-state index < -0.39 is 0 Å². The molecule has 2 aromatic carbocycles. The van der Waals surface area contributed by atoms with E-state index in [0.717, 1.165) is 17.7 Å². The summed E-state index contributed by atoms with van der Waals surface area (Å²) in [6.07, 6.45) is 2.72. The van der Waals surface area contributed by atoms with Crippen LogP contribution < -0.4 is 10.6 Å². The molecule has 0 spiro atoms. The molecule has 27 heavy (non-hydrogen) atoms. The fourth-order valence-corrected chi connectivity index (χ4v) is 3.21. The lowest BCUT2D eigenvalue weighted by Gasteiger charge is -2.09. The van der Waals surface area contributed by atoms with E-state index in [0.29, 0.717) is 32.5 Å². The molecule has 0 saturated heterocycles. The molecule has 0 atom stereocenters. The normalized spacial score (nSPS) is 10.7. The Balaban J connectivity index is 1.64. The highest BCUT2D eigenvalue weighted by atomic mass is 35.5. The van der Waals surface area contributed by atoms with E-state index in [1.807, 2.05) is 18.2 Å². The number of benzene rings is 2. The third-order valence-corrected chi connectivity index (χ3v) is 5.12. The summed E-state index contributed by atoms with van der Waals surface area (Å²) in [7, 11) is 0. The number of aryl methyl sites for hydroxylation is 1. The molecule has 140 valence electrons. The van der Waals surface area contributed by atoms with Crippen LogP contribution in [0.25, 0.3) is 0 Å². The van der Waals surface area contributed by atoms with Gasteiger partial charge in [-0.3, -0.25) is 4.68 Å². The number of anilines is 2. The van der Waals surface area contributed by atoms with Crippen LogP contribution in [0.4, 0.5) is 11.5 Å². The lowest BCUT2D eigenvalue weighted by atomic mass is 10.1. The van der Waals surface area contributed by atoms with Crippen molar-refractivity contribution in [1.82, 2.24) is 9.78 Å². The number of hydrogen-bond acceptors (Lipinski definition) is 2. The highest BCUT2D eigenvalue weighted by molar-refractivity contribution is 7.80. The summed E-state index contributed by atoms with van der Waals surface area (Å²) in [5, 5.41) is 12.5. The van der Waals surface area contributed by atoms with Gasteiger partial charge in [-0.25, -0.2) is 0 Å². The number of nitrogens with zero attached hydrogens (tertiary/aromatic N) is 2. The van der Waals surface area contributed by atoms with E-state index in [-0.39, 0.29) is 0 Å². The number of aromatic nitrogens is 2. The monoisotopic (exact) mass is 438 g/mol. The molecular weight excluding hydrogens is 423 g/mol. The molecule has 0 bridgehead atoms. The number of rotatable bonds is 5. The third-order valence-electron chi connectivity index (χ3n) is 3.90. The summed E-state index contributed by atoms with van der Waals surface area (Å²) in [6, 6.07) is 13.5. The van der Waals surface area contributed by atoms with Crippen molar-refractivity contribution in [2.45, 2.75) is 19.9 Å². The van der Waals surface area contributed by atoms with E-state index in [2.05, 4.69) is 34.8 Å². The topological polar surface area (TPSA) is 41.9 Å². The molecule has 0 radical (unpaired) electrons. The summed E-state index contributed by atoms with van der Waals surface area (Å²) in [5.41, 5.74) is 3.13. The van der Waals surface area contributed by atoms with Gasteiger partial charge < -0.3 is 10.6 Å². The van der Waals surface area contributed by atoms with Gasteiger partial charge in [-0.2, -0.15) is 5.10 Å². The van der Waals surface area contributed by atoms with Crippen molar-refractivity contribution in [1.29, 1.82) is 0 Å². The summed E-state index contributed by atoms with van der Waals surface area (Å²) in [5.74, 6) is 0.486. The van der Waals surface area contributed by atoms with E-state index in [1.54, 1.807) is 23.0 Å². The molecule has 4 nitrogen and oxygen atoms in total. The zero-order valence-electron chi connectivity index (χ0n) is 14.5. The predicted molar refractivity (Wildman–Crippen MR) is 118 cm³/mol. The Labute approximate surface area is 178 Å². The molecule has 8 heteroatoms. The molecule has 0 amide bonds. The third kappa shape index (κ3) is 5.36. The molecule has 1 aromatic heterocycles. The van der Waals surface area contributed by atoms with Crippen LogP contribution in [0.1, 0.15) is 18.1 Å². The van der Waals surface area contributed by atoms with Gasteiger partial charge in [0, 0.05) is 11.9 Å². The largest absolute Gasteiger partial charge is 0.332 e. The van der Waals surface area contributed by atoms with Gasteiger partial charge in [0.05, 0.1) is 16.6 Å². The standard InChI is InChI=1S/C19H17Cl3N4S/c1-2-12-3-6-14(7-4-12)23-19(27)24-18-17(22)11-26(25-18)10-13-5-8-15(20)16(21)9-13/h3-9,11H,2,10H2,1H3,(H2,23,24,25,27). The van der Waals surface area contributed by atoms with Crippen LogP contribution in [0.2, 0.25) is 15.1 Å². The zero-order valence-corrected chi connectivity index (χ0v) is 17.6. The minimum absolute atomic E-state index is 0.418. The summed E-state index contributed by atoms with van der Waals surface area (Å²) < 4.78 is 1.71. The van der Waals surface area contributed by atoms with Crippen molar-refractivity contribution in [3.05, 3.63) is 74.9 Å². The number of hydrogen-bond donors (Lipinski definition) is 2. The van der Waals surface area contributed by atoms with Crippen LogP contribution in [0, 0.1) is 0 Å². The highest BCUT2D eigenvalue weighted by Gasteiger charge is 2.10. The first kappa shape index (κ1) is 20.0. The first-order valence-electron chi connectivity index (χ1n) is 8.28. The van der Waals surface area contributed by atoms with Gasteiger partial charge in [0.25, 0.3) is 0 Å². The minimum atomic E-state index is 0.418. The molecule has 0 saturated carbocycles. The van der Waals surface area contributed by atoms with Gasteiger partial charge in [-0.1, -0.05) is 59.9 Å². The van der Waals surface area contributed by atoms with Crippen molar-refractivity contribution >= 4 is 63.6 Å². The van der Waals surface area contributed by atoms with Crippen molar-refractivity contribution in [3.63, 3.8) is 0 Å². The average molecular weight is 440 g/mol. The second-order valence-corrected chi connectivity index (χ2v) is 7.53. The molecule has 3 aromatic rings. The zero-order chi connectivity index (χ0) is 19.4. The maximum atomic E-state index is 6.27. The van der Waals surface area contributed by atoms with Crippen molar-refractivity contribution < 1.29 is 0 Å². The van der Waals surface area contributed by atoms with E-state index >= 15 is 0 Å². The second-order valence-electron chi connectivity index (χ2n) is 5.90. The van der Waals surface area contributed by atoms with E-state index in [4.69, 9.17) is 47.0 Å². The molecule has 2 N–H and O–H groups in total. The van der Waals surface area contributed by atoms with Gasteiger partial charge in [0.1, 0.15) is 5.02 Å². The fourth-order valence-electron chi connectivity index (χ4n) is 2.48. The second kappa shape index (κ2) is 8.93.